The van der Waals surface area contributed by atoms with Gasteiger partial charge in [0.25, 0.3) is 5.69 Å². The van der Waals surface area contributed by atoms with Gasteiger partial charge in [-0.25, -0.2) is 8.42 Å². The molecule has 2 aliphatic rings. The molecule has 0 N–H and O–H groups in total. The van der Waals surface area contributed by atoms with E-state index in [1.54, 1.807) is 0 Å². The van der Waals surface area contributed by atoms with E-state index in [2.05, 4.69) is 0 Å². The van der Waals surface area contributed by atoms with Gasteiger partial charge in [0.2, 0.25) is 10.0 Å². The van der Waals surface area contributed by atoms with Crippen molar-refractivity contribution in [3.8, 4) is 0 Å². The van der Waals surface area contributed by atoms with Crippen molar-refractivity contribution in [2.45, 2.75) is 37.3 Å². The van der Waals surface area contributed by atoms with Crippen LogP contribution in [0.1, 0.15) is 20.3 Å². The van der Waals surface area contributed by atoms with Crippen molar-refractivity contribution >= 4 is 21.7 Å². The molecule has 0 aromatic heterocycles. The van der Waals surface area contributed by atoms with Crippen LogP contribution in [-0.2, 0) is 19.6 Å². The third-order valence-corrected chi connectivity index (χ3v) is 6.48. The van der Waals surface area contributed by atoms with E-state index in [0.29, 0.717) is 6.42 Å². The Labute approximate surface area is 139 Å². The molecule has 0 amide bonds. The van der Waals surface area contributed by atoms with Gasteiger partial charge in [0.1, 0.15) is 6.10 Å². The minimum absolute atomic E-state index is 0.126. The standard InChI is InChI=1S/C15H18N2O6S/c1-9(2)10-7-13(23-15(10)18)12-8-16(12)24(21,22)14-6-4-3-5-11(14)17(19)20/h3-6,9-10,12-13H,7-8H2,1-2H3/t10-,12?,13-,16-/m0/s1. The molecule has 1 aromatic rings. The fourth-order valence-electron chi connectivity index (χ4n) is 3.08. The molecule has 130 valence electrons. The van der Waals surface area contributed by atoms with Gasteiger partial charge in [0, 0.05) is 12.6 Å². The van der Waals surface area contributed by atoms with Crippen LogP contribution in [0.5, 0.6) is 0 Å². The van der Waals surface area contributed by atoms with Gasteiger partial charge in [0.15, 0.2) is 4.90 Å². The Morgan fingerprint density at radius 3 is 2.58 bits per heavy atom. The summed E-state index contributed by atoms with van der Waals surface area (Å²) < 4.78 is 31.8. The van der Waals surface area contributed by atoms with Gasteiger partial charge in [-0.05, 0) is 18.4 Å². The number of esters is 1. The molecule has 0 saturated carbocycles. The number of ether oxygens (including phenoxy) is 1. The molecule has 0 radical (unpaired) electrons. The molecule has 24 heavy (non-hydrogen) atoms. The van der Waals surface area contributed by atoms with Crippen LogP contribution in [0.2, 0.25) is 0 Å². The summed E-state index contributed by atoms with van der Waals surface area (Å²) in [7, 11) is -3.98. The number of hydrogen-bond donors (Lipinski definition) is 0. The molecule has 2 fully saturated rings. The number of hydrogen-bond acceptors (Lipinski definition) is 6. The average molecular weight is 354 g/mol. The molecule has 9 heteroatoms. The maximum Gasteiger partial charge on any atom is 0.309 e. The summed E-state index contributed by atoms with van der Waals surface area (Å²) in [6.45, 7) is 4.04. The van der Waals surface area contributed by atoms with Crippen LogP contribution in [0.25, 0.3) is 0 Å². The molecule has 1 aromatic carbocycles. The van der Waals surface area contributed by atoms with Gasteiger partial charge in [-0.1, -0.05) is 26.0 Å². The van der Waals surface area contributed by atoms with Gasteiger partial charge < -0.3 is 4.74 Å². The van der Waals surface area contributed by atoms with Crippen molar-refractivity contribution in [3.05, 3.63) is 34.4 Å². The second kappa shape index (κ2) is 5.82. The van der Waals surface area contributed by atoms with Crippen LogP contribution >= 0.6 is 0 Å². The molecule has 8 nitrogen and oxygen atoms in total. The van der Waals surface area contributed by atoms with Crippen LogP contribution in [-0.4, -0.2) is 42.3 Å². The molecule has 0 spiro atoms. The maximum absolute atomic E-state index is 12.7. The Morgan fingerprint density at radius 2 is 2.00 bits per heavy atom. The number of carbonyl (C=O) groups excluding carboxylic acids is 1. The highest BCUT2D eigenvalue weighted by Gasteiger charge is 2.55. The van der Waals surface area contributed by atoms with Gasteiger partial charge in [-0.3, -0.25) is 14.9 Å². The van der Waals surface area contributed by atoms with Crippen molar-refractivity contribution in [2.75, 3.05) is 6.54 Å². The molecule has 4 atom stereocenters. The summed E-state index contributed by atoms with van der Waals surface area (Å²) in [5, 5.41) is 11.1. The third-order valence-electron chi connectivity index (χ3n) is 4.54. The van der Waals surface area contributed by atoms with E-state index in [9.17, 15) is 23.3 Å². The Kier molecular flexibility index (Phi) is 4.08. The fourth-order valence-corrected chi connectivity index (χ4v) is 4.83. The molecule has 3 rings (SSSR count). The van der Waals surface area contributed by atoms with Gasteiger partial charge in [0.05, 0.1) is 16.9 Å². The van der Waals surface area contributed by atoms with Crippen LogP contribution < -0.4 is 0 Å². The van der Waals surface area contributed by atoms with E-state index in [4.69, 9.17) is 4.74 Å². The second-order valence-electron chi connectivity index (χ2n) is 6.43. The van der Waals surface area contributed by atoms with E-state index in [-0.39, 0.29) is 29.2 Å². The quantitative estimate of drug-likeness (QED) is 0.344. The van der Waals surface area contributed by atoms with Gasteiger partial charge in [-0.15, -0.1) is 0 Å². The number of nitrogens with zero attached hydrogens (tertiary/aromatic N) is 2. The van der Waals surface area contributed by atoms with Crippen molar-refractivity contribution < 1.29 is 22.9 Å². The minimum Gasteiger partial charge on any atom is -0.460 e. The normalized spacial score (nSPS) is 29.5. The Balaban J connectivity index is 1.80. The predicted molar refractivity (Wildman–Crippen MR) is 83.6 cm³/mol. The van der Waals surface area contributed by atoms with E-state index in [1.807, 2.05) is 13.8 Å². The third kappa shape index (κ3) is 2.78. The number of nitro groups is 1. The lowest BCUT2D eigenvalue weighted by molar-refractivity contribution is -0.387. The van der Waals surface area contributed by atoms with E-state index in [0.717, 1.165) is 10.4 Å². The van der Waals surface area contributed by atoms with E-state index >= 15 is 0 Å². The zero-order chi connectivity index (χ0) is 17.6. The van der Waals surface area contributed by atoms with Crippen LogP contribution in [0.4, 0.5) is 5.69 Å². The number of sulfonamides is 1. The lowest BCUT2D eigenvalue weighted by Gasteiger charge is -2.11. The first-order valence-corrected chi connectivity index (χ1v) is 9.13. The largest absolute Gasteiger partial charge is 0.460 e. The van der Waals surface area contributed by atoms with E-state index < -0.39 is 32.8 Å². The first kappa shape index (κ1) is 16.8. The Hall–Kier alpha value is -2.00. The number of benzene rings is 1. The summed E-state index contributed by atoms with van der Waals surface area (Å²) >= 11 is 0. The summed E-state index contributed by atoms with van der Waals surface area (Å²) in [6.07, 6.45) is -0.00759. The lowest BCUT2D eigenvalue weighted by atomic mass is 9.92. The molecular formula is C15H18N2O6S. The van der Waals surface area contributed by atoms with Gasteiger partial charge >= 0.3 is 5.97 Å². The molecule has 1 unspecified atom stereocenters. The maximum atomic E-state index is 12.7. The Bertz CT molecular complexity index is 791. The highest BCUT2D eigenvalue weighted by molar-refractivity contribution is 7.89. The minimum atomic E-state index is -3.98. The summed E-state index contributed by atoms with van der Waals surface area (Å²) in [5.74, 6) is -0.405. The predicted octanol–water partition coefficient (Wildman–Crippen LogP) is 1.56. The lowest BCUT2D eigenvalue weighted by Crippen LogP contribution is -2.23. The Morgan fingerprint density at radius 1 is 1.33 bits per heavy atom. The molecule has 2 heterocycles. The zero-order valence-corrected chi connectivity index (χ0v) is 14.1. The first-order chi connectivity index (χ1) is 11.2. The summed E-state index contributed by atoms with van der Waals surface area (Å²) in [5.41, 5.74) is -0.452. The monoisotopic (exact) mass is 354 g/mol. The van der Waals surface area contributed by atoms with Crippen molar-refractivity contribution in [1.29, 1.82) is 0 Å². The van der Waals surface area contributed by atoms with E-state index in [1.165, 1.54) is 18.2 Å². The van der Waals surface area contributed by atoms with Crippen molar-refractivity contribution in [2.24, 2.45) is 11.8 Å². The zero-order valence-electron chi connectivity index (χ0n) is 13.3. The smallest absolute Gasteiger partial charge is 0.309 e. The van der Waals surface area contributed by atoms with Crippen molar-refractivity contribution in [3.63, 3.8) is 0 Å². The van der Waals surface area contributed by atoms with Crippen LogP contribution in [0.3, 0.4) is 0 Å². The number of cyclic esters (lactones) is 1. The fraction of sp³-hybridized carbons (Fsp3) is 0.533. The molecule has 2 saturated heterocycles. The molecule has 2 aliphatic heterocycles. The topological polar surface area (TPSA) is 107 Å². The molecular weight excluding hydrogens is 336 g/mol. The molecule has 0 bridgehead atoms. The first-order valence-electron chi connectivity index (χ1n) is 7.69. The number of carbonyl (C=O) groups is 1. The van der Waals surface area contributed by atoms with Gasteiger partial charge in [-0.2, -0.15) is 4.31 Å². The number of rotatable bonds is 5. The summed E-state index contributed by atoms with van der Waals surface area (Å²) in [6, 6.07) is 4.81. The second-order valence-corrected chi connectivity index (χ2v) is 8.29. The van der Waals surface area contributed by atoms with Crippen LogP contribution in [0.15, 0.2) is 29.2 Å². The van der Waals surface area contributed by atoms with Crippen molar-refractivity contribution in [1.82, 2.24) is 4.31 Å². The highest BCUT2D eigenvalue weighted by atomic mass is 32.2. The highest BCUT2D eigenvalue weighted by Crippen LogP contribution is 2.40. The number of para-hydroxylation sites is 1. The average Bonchev–Trinajstić information content (AvgIpc) is 3.24. The SMILES string of the molecule is CC(C)[C@@H]1C[C@@H](C2C[N@]2S(=O)(=O)c2ccccc2[N+](=O)[O-])OC1=O. The molecule has 0 aliphatic carbocycles. The summed E-state index contributed by atoms with van der Waals surface area (Å²) in [4.78, 5) is 21.9. The number of nitro benzene ring substituents is 1. The van der Waals surface area contributed by atoms with Crippen LogP contribution in [0, 0.1) is 22.0 Å².